The largest absolute Gasteiger partial charge is 0.447 e. The zero-order valence-electron chi connectivity index (χ0n) is 15.6. The number of nitrogens with zero attached hydrogens (tertiary/aromatic N) is 2. The molecule has 0 spiro atoms. The maximum atomic E-state index is 12.7. The van der Waals surface area contributed by atoms with Crippen molar-refractivity contribution in [1.82, 2.24) is 4.90 Å². The summed E-state index contributed by atoms with van der Waals surface area (Å²) in [5.41, 5.74) is 2.13. The van der Waals surface area contributed by atoms with E-state index in [-0.39, 0.29) is 23.9 Å². The highest BCUT2D eigenvalue weighted by Gasteiger charge is 2.27. The van der Waals surface area contributed by atoms with Crippen molar-refractivity contribution in [3.8, 4) is 0 Å². The van der Waals surface area contributed by atoms with Crippen LogP contribution in [0.15, 0.2) is 76.0 Å². The fourth-order valence-electron chi connectivity index (χ4n) is 2.74. The van der Waals surface area contributed by atoms with Crippen LogP contribution in [0.5, 0.6) is 0 Å². The molecule has 0 N–H and O–H groups in total. The first-order chi connectivity index (χ1) is 13.5. The zero-order valence-corrected chi connectivity index (χ0v) is 16.4. The fraction of sp³-hybridized carbons (Fsp3) is 0.238. The van der Waals surface area contributed by atoms with Crippen molar-refractivity contribution in [2.45, 2.75) is 24.7 Å². The summed E-state index contributed by atoms with van der Waals surface area (Å²) in [5, 5.41) is 0. The number of amides is 1. The van der Waals surface area contributed by atoms with E-state index >= 15 is 0 Å². The summed E-state index contributed by atoms with van der Waals surface area (Å²) in [5.74, 6) is 0.0659. The molecule has 6 nitrogen and oxygen atoms in total. The molecule has 0 bridgehead atoms. The van der Waals surface area contributed by atoms with Gasteiger partial charge in [-0.05, 0) is 43.5 Å². The quantitative estimate of drug-likeness (QED) is 0.549. The average molecular weight is 398 g/mol. The van der Waals surface area contributed by atoms with Crippen molar-refractivity contribution >= 4 is 22.0 Å². The van der Waals surface area contributed by atoms with E-state index in [9.17, 15) is 13.2 Å². The molecule has 7 heteroatoms. The second kappa shape index (κ2) is 8.84. The van der Waals surface area contributed by atoms with E-state index < -0.39 is 16.1 Å². The third kappa shape index (κ3) is 5.07. The Morgan fingerprint density at radius 1 is 1.14 bits per heavy atom. The molecule has 1 aliphatic heterocycles. The van der Waals surface area contributed by atoms with Crippen LogP contribution in [0.4, 0.5) is 4.79 Å². The van der Waals surface area contributed by atoms with Gasteiger partial charge in [-0.2, -0.15) is 8.42 Å². The summed E-state index contributed by atoms with van der Waals surface area (Å²) in [6, 6.07) is 16.4. The molecule has 2 aromatic rings. The van der Waals surface area contributed by atoms with Gasteiger partial charge in [0.1, 0.15) is 6.61 Å². The Hall–Kier alpha value is -2.93. The first-order valence-corrected chi connectivity index (χ1v) is 10.5. The lowest BCUT2D eigenvalue weighted by atomic mass is 10.1. The van der Waals surface area contributed by atoms with Gasteiger partial charge in [0.2, 0.25) is 0 Å². The van der Waals surface area contributed by atoms with Gasteiger partial charge in [-0.1, -0.05) is 54.1 Å². The molecule has 0 radical (unpaired) electrons. The van der Waals surface area contributed by atoms with Gasteiger partial charge in [0.05, 0.1) is 11.4 Å². The van der Waals surface area contributed by atoms with Crippen molar-refractivity contribution in [3.63, 3.8) is 0 Å². The number of benzene rings is 2. The Balaban J connectivity index is 1.82. The summed E-state index contributed by atoms with van der Waals surface area (Å²) >= 11 is 0. The van der Waals surface area contributed by atoms with E-state index in [1.165, 1.54) is 22.6 Å². The molecule has 146 valence electrons. The molecule has 1 amide bonds. The molecule has 3 rings (SSSR count). The minimum atomic E-state index is -3.94. The van der Waals surface area contributed by atoms with Crippen LogP contribution < -0.4 is 0 Å². The molecule has 1 aliphatic rings. The lowest BCUT2D eigenvalue weighted by Gasteiger charge is -2.12. The van der Waals surface area contributed by atoms with Crippen LogP contribution in [0.1, 0.15) is 17.5 Å². The number of carbonyl (C=O) groups excluding carboxylic acids is 1. The number of carbonyl (C=O) groups is 1. The summed E-state index contributed by atoms with van der Waals surface area (Å²) in [7, 11) is -3.94. The molecule has 1 saturated heterocycles. The van der Waals surface area contributed by atoms with Gasteiger partial charge in [0.15, 0.2) is 5.84 Å². The van der Waals surface area contributed by atoms with Gasteiger partial charge < -0.3 is 4.74 Å². The Kier molecular flexibility index (Phi) is 6.26. The second-order valence-electron chi connectivity index (χ2n) is 6.43. The lowest BCUT2D eigenvalue weighted by molar-refractivity contribution is 0.169. The molecule has 0 saturated carbocycles. The highest BCUT2D eigenvalue weighted by Crippen LogP contribution is 2.16. The van der Waals surface area contributed by atoms with Crippen LogP contribution in [0.25, 0.3) is 0 Å². The standard InChI is InChI=1S/C21H22N2O4S/c1-17-11-13-19(14-12-17)28(25,26)22-20(23-15-16-27-21(23)24)10-6-5-9-18-7-3-2-4-8-18/h2-4,6-8,10-14H,5,9,15-16H2,1H3/b10-6+,22-20-. The summed E-state index contributed by atoms with van der Waals surface area (Å²) in [6.07, 6.45) is 4.30. The maximum Gasteiger partial charge on any atom is 0.415 e. The predicted octanol–water partition coefficient (Wildman–Crippen LogP) is 3.72. The molecule has 2 aromatic carbocycles. The van der Waals surface area contributed by atoms with Crippen LogP contribution in [0, 0.1) is 6.92 Å². The van der Waals surface area contributed by atoms with Crippen molar-refractivity contribution in [1.29, 1.82) is 0 Å². The van der Waals surface area contributed by atoms with E-state index in [4.69, 9.17) is 4.74 Å². The highest BCUT2D eigenvalue weighted by atomic mass is 32.2. The maximum absolute atomic E-state index is 12.7. The van der Waals surface area contributed by atoms with E-state index in [1.807, 2.05) is 43.3 Å². The van der Waals surface area contributed by atoms with Crippen LogP contribution in [-0.4, -0.2) is 38.4 Å². The molecular formula is C21H22N2O4S. The summed E-state index contributed by atoms with van der Waals surface area (Å²) in [6.45, 7) is 2.35. The topological polar surface area (TPSA) is 76.0 Å². The van der Waals surface area contributed by atoms with Gasteiger partial charge in [-0.25, -0.2) is 4.79 Å². The van der Waals surface area contributed by atoms with E-state index in [2.05, 4.69) is 4.40 Å². The van der Waals surface area contributed by atoms with Crippen molar-refractivity contribution in [3.05, 3.63) is 77.9 Å². The summed E-state index contributed by atoms with van der Waals surface area (Å²) < 4.78 is 34.2. The first kappa shape index (κ1) is 19.8. The number of rotatable bonds is 6. The molecule has 1 heterocycles. The molecule has 0 unspecified atom stereocenters. The van der Waals surface area contributed by atoms with Gasteiger partial charge >= 0.3 is 6.09 Å². The van der Waals surface area contributed by atoms with E-state index in [1.54, 1.807) is 18.2 Å². The molecule has 0 aromatic heterocycles. The van der Waals surface area contributed by atoms with Gasteiger partial charge in [-0.3, -0.25) is 4.90 Å². The Bertz CT molecular complexity index is 981. The van der Waals surface area contributed by atoms with Gasteiger partial charge in [0.25, 0.3) is 10.0 Å². The molecule has 28 heavy (non-hydrogen) atoms. The van der Waals surface area contributed by atoms with Crippen LogP contribution in [0.3, 0.4) is 0 Å². The second-order valence-corrected chi connectivity index (χ2v) is 8.03. The van der Waals surface area contributed by atoms with Crippen LogP contribution in [0.2, 0.25) is 0 Å². The molecule has 1 fully saturated rings. The van der Waals surface area contributed by atoms with Crippen molar-refractivity contribution < 1.29 is 17.9 Å². The van der Waals surface area contributed by atoms with Crippen LogP contribution in [-0.2, 0) is 21.2 Å². The van der Waals surface area contributed by atoms with Crippen molar-refractivity contribution in [2.75, 3.05) is 13.2 Å². The third-order valence-corrected chi connectivity index (χ3v) is 5.57. The van der Waals surface area contributed by atoms with E-state index in [0.717, 1.165) is 12.0 Å². The minimum absolute atomic E-state index is 0.0659. The predicted molar refractivity (Wildman–Crippen MR) is 108 cm³/mol. The smallest absolute Gasteiger partial charge is 0.415 e. The number of sulfonamides is 1. The fourth-order valence-corrected chi connectivity index (χ4v) is 3.73. The summed E-state index contributed by atoms with van der Waals surface area (Å²) in [4.78, 5) is 13.3. The van der Waals surface area contributed by atoms with Crippen molar-refractivity contribution in [2.24, 2.45) is 4.40 Å². The Morgan fingerprint density at radius 2 is 1.86 bits per heavy atom. The van der Waals surface area contributed by atoms with E-state index in [0.29, 0.717) is 6.42 Å². The third-order valence-electron chi connectivity index (χ3n) is 4.28. The Labute approximate surface area is 165 Å². The highest BCUT2D eigenvalue weighted by molar-refractivity contribution is 7.90. The number of ether oxygens (including phenoxy) is 1. The average Bonchev–Trinajstić information content (AvgIpc) is 3.11. The number of amidine groups is 1. The number of cyclic esters (lactones) is 1. The number of hydrogen-bond acceptors (Lipinski definition) is 4. The minimum Gasteiger partial charge on any atom is -0.447 e. The number of allylic oxidation sites excluding steroid dienone is 1. The van der Waals surface area contributed by atoms with Gasteiger partial charge in [-0.15, -0.1) is 4.40 Å². The Morgan fingerprint density at radius 3 is 2.50 bits per heavy atom. The number of aryl methyl sites for hydroxylation is 2. The monoisotopic (exact) mass is 398 g/mol. The SMILES string of the molecule is Cc1ccc(S(=O)(=O)/N=C(/C=C/CCc2ccccc2)N2CCOC2=O)cc1. The van der Waals surface area contributed by atoms with Gasteiger partial charge in [0, 0.05) is 0 Å². The lowest BCUT2D eigenvalue weighted by Crippen LogP contribution is -2.31. The molecular weight excluding hydrogens is 376 g/mol. The molecule has 0 aliphatic carbocycles. The normalized spacial score (nSPS) is 15.2. The number of hydrogen-bond donors (Lipinski definition) is 0. The first-order valence-electron chi connectivity index (χ1n) is 9.02. The van der Waals surface area contributed by atoms with Crippen LogP contribution >= 0.6 is 0 Å². The molecule has 0 atom stereocenters. The zero-order chi connectivity index (χ0) is 20.0.